The summed E-state index contributed by atoms with van der Waals surface area (Å²) in [5, 5.41) is 11.8. The summed E-state index contributed by atoms with van der Waals surface area (Å²) in [5.41, 5.74) is 0.994. The van der Waals surface area contributed by atoms with Crippen molar-refractivity contribution in [3.63, 3.8) is 0 Å². The summed E-state index contributed by atoms with van der Waals surface area (Å²) in [6.45, 7) is 0.525. The molecule has 2 fully saturated rings. The van der Waals surface area contributed by atoms with Crippen molar-refractivity contribution in [2.45, 2.75) is 18.5 Å². The van der Waals surface area contributed by atoms with E-state index in [2.05, 4.69) is 10.3 Å². The number of hydrogen-bond donors (Lipinski definition) is 2. The first-order valence-corrected chi connectivity index (χ1v) is 5.86. The molecule has 2 aliphatic rings. The lowest BCUT2D eigenvalue weighted by atomic mass is 10.1. The molecule has 94 valence electrons. The number of aliphatic carboxylic acids is 1. The molecule has 2 heterocycles. The average molecular weight is 247 g/mol. The van der Waals surface area contributed by atoms with E-state index in [4.69, 9.17) is 5.11 Å². The van der Waals surface area contributed by atoms with Gasteiger partial charge in [0.1, 0.15) is 0 Å². The van der Waals surface area contributed by atoms with Crippen LogP contribution >= 0.6 is 0 Å². The smallest absolute Gasteiger partial charge is 0.318 e. The van der Waals surface area contributed by atoms with Crippen LogP contribution in [0.5, 0.6) is 0 Å². The van der Waals surface area contributed by atoms with Crippen molar-refractivity contribution in [2.24, 2.45) is 5.92 Å². The second-order valence-electron chi connectivity index (χ2n) is 4.68. The van der Waals surface area contributed by atoms with Gasteiger partial charge in [-0.2, -0.15) is 0 Å². The Morgan fingerprint density at radius 1 is 1.44 bits per heavy atom. The summed E-state index contributed by atoms with van der Waals surface area (Å²) in [4.78, 5) is 28.2. The molecular weight excluding hydrogens is 234 g/mol. The quantitative estimate of drug-likeness (QED) is 0.820. The predicted molar refractivity (Wildman–Crippen MR) is 61.7 cm³/mol. The van der Waals surface area contributed by atoms with Crippen molar-refractivity contribution in [2.75, 3.05) is 6.54 Å². The van der Waals surface area contributed by atoms with Crippen molar-refractivity contribution in [3.8, 4) is 0 Å². The van der Waals surface area contributed by atoms with Crippen LogP contribution in [-0.2, 0) is 4.79 Å². The fraction of sp³-hybridized carbons (Fsp3) is 0.417. The van der Waals surface area contributed by atoms with Crippen LogP contribution in [-0.4, -0.2) is 39.6 Å². The molecule has 0 bridgehead atoms. The number of hydrogen-bond acceptors (Lipinski definition) is 3. The molecule has 1 saturated carbocycles. The predicted octanol–water partition coefficient (Wildman–Crippen LogP) is 0.621. The Morgan fingerprint density at radius 2 is 2.17 bits per heavy atom. The molecule has 3 unspecified atom stereocenters. The fourth-order valence-corrected chi connectivity index (χ4v) is 2.42. The molecule has 0 spiro atoms. The number of nitrogens with one attached hydrogen (secondary N) is 1. The molecule has 2 amide bonds. The molecular formula is C12H13N3O3. The Morgan fingerprint density at radius 3 is 2.78 bits per heavy atom. The number of amides is 2. The van der Waals surface area contributed by atoms with E-state index < -0.39 is 11.9 Å². The molecule has 1 aliphatic carbocycles. The Balaban J connectivity index is 1.70. The maximum Gasteiger partial charge on any atom is 0.318 e. The average Bonchev–Trinajstić information content (AvgIpc) is 3.08. The Labute approximate surface area is 104 Å². The van der Waals surface area contributed by atoms with Gasteiger partial charge in [-0.15, -0.1) is 0 Å². The SMILES string of the molecule is O=C(O)C1CC1N1CC(c2ccncc2)NC1=O. The van der Waals surface area contributed by atoms with Crippen LogP contribution in [0, 0.1) is 5.92 Å². The molecule has 3 rings (SSSR count). The molecule has 0 aromatic carbocycles. The zero-order valence-corrected chi connectivity index (χ0v) is 9.61. The Bertz CT molecular complexity index is 491. The first kappa shape index (κ1) is 11.0. The molecule has 18 heavy (non-hydrogen) atoms. The molecule has 1 aromatic heterocycles. The number of pyridine rings is 1. The van der Waals surface area contributed by atoms with Crippen LogP contribution in [0.2, 0.25) is 0 Å². The van der Waals surface area contributed by atoms with Gasteiger partial charge in [-0.05, 0) is 24.1 Å². The Kier molecular flexibility index (Phi) is 2.43. The van der Waals surface area contributed by atoms with E-state index in [1.807, 2.05) is 12.1 Å². The lowest BCUT2D eigenvalue weighted by Gasteiger charge is -2.13. The molecule has 2 N–H and O–H groups in total. The zero-order valence-electron chi connectivity index (χ0n) is 9.61. The molecule has 1 saturated heterocycles. The largest absolute Gasteiger partial charge is 0.481 e. The molecule has 6 nitrogen and oxygen atoms in total. The summed E-state index contributed by atoms with van der Waals surface area (Å²) >= 11 is 0. The first-order valence-electron chi connectivity index (χ1n) is 5.86. The molecule has 1 aromatic rings. The molecule has 0 radical (unpaired) electrons. The van der Waals surface area contributed by atoms with Crippen molar-refractivity contribution in [1.82, 2.24) is 15.2 Å². The lowest BCUT2D eigenvalue weighted by molar-refractivity contribution is -0.138. The second-order valence-corrected chi connectivity index (χ2v) is 4.68. The van der Waals surface area contributed by atoms with Crippen molar-refractivity contribution >= 4 is 12.0 Å². The van der Waals surface area contributed by atoms with Gasteiger partial charge in [0.15, 0.2) is 0 Å². The van der Waals surface area contributed by atoms with Gasteiger partial charge in [-0.25, -0.2) is 4.79 Å². The normalized spacial score (nSPS) is 30.1. The second kappa shape index (κ2) is 3.97. The van der Waals surface area contributed by atoms with Crippen LogP contribution in [0.3, 0.4) is 0 Å². The summed E-state index contributed by atoms with van der Waals surface area (Å²) < 4.78 is 0. The molecule has 3 atom stereocenters. The third-order valence-corrected chi connectivity index (χ3v) is 3.52. The van der Waals surface area contributed by atoms with Gasteiger partial charge in [0, 0.05) is 25.0 Å². The number of carboxylic acids is 1. The van der Waals surface area contributed by atoms with E-state index in [1.165, 1.54) is 0 Å². The first-order chi connectivity index (χ1) is 8.66. The van der Waals surface area contributed by atoms with Crippen molar-refractivity contribution < 1.29 is 14.7 Å². The van der Waals surface area contributed by atoms with Crippen LogP contribution in [0.1, 0.15) is 18.0 Å². The number of carboxylic acid groups (broad SMARTS) is 1. The summed E-state index contributed by atoms with van der Waals surface area (Å²) in [6, 6.07) is 3.32. The number of carbonyl (C=O) groups excluding carboxylic acids is 1. The summed E-state index contributed by atoms with van der Waals surface area (Å²) in [6.07, 6.45) is 3.93. The number of urea groups is 1. The van der Waals surface area contributed by atoms with E-state index in [-0.39, 0.29) is 18.1 Å². The highest BCUT2D eigenvalue weighted by atomic mass is 16.4. The number of aromatic nitrogens is 1. The minimum absolute atomic E-state index is 0.0736. The summed E-state index contributed by atoms with van der Waals surface area (Å²) in [5.74, 6) is -1.22. The standard InChI is InChI=1S/C12H13N3O3/c16-11(17)8-5-10(8)15-6-9(14-12(15)18)7-1-3-13-4-2-7/h1-4,8-10H,5-6H2,(H,14,18)(H,16,17). The van der Waals surface area contributed by atoms with Gasteiger partial charge in [0.25, 0.3) is 0 Å². The lowest BCUT2D eigenvalue weighted by Crippen LogP contribution is -2.32. The third-order valence-electron chi connectivity index (χ3n) is 3.52. The van der Waals surface area contributed by atoms with E-state index in [0.29, 0.717) is 13.0 Å². The van der Waals surface area contributed by atoms with Crippen LogP contribution in [0.4, 0.5) is 4.79 Å². The number of carbonyl (C=O) groups is 2. The third kappa shape index (κ3) is 1.79. The van der Waals surface area contributed by atoms with Gasteiger partial charge in [0.05, 0.1) is 12.0 Å². The minimum atomic E-state index is -0.819. The van der Waals surface area contributed by atoms with Crippen LogP contribution < -0.4 is 5.32 Å². The highest BCUT2D eigenvalue weighted by Crippen LogP contribution is 2.38. The molecule has 6 heteroatoms. The van der Waals surface area contributed by atoms with E-state index in [0.717, 1.165) is 5.56 Å². The van der Waals surface area contributed by atoms with Crippen molar-refractivity contribution in [1.29, 1.82) is 0 Å². The van der Waals surface area contributed by atoms with Crippen LogP contribution in [0.25, 0.3) is 0 Å². The maximum atomic E-state index is 11.8. The van der Waals surface area contributed by atoms with Crippen molar-refractivity contribution in [3.05, 3.63) is 30.1 Å². The van der Waals surface area contributed by atoms with E-state index in [1.54, 1.807) is 17.3 Å². The zero-order chi connectivity index (χ0) is 12.7. The highest BCUT2D eigenvalue weighted by molar-refractivity contribution is 5.81. The van der Waals surface area contributed by atoms with Gasteiger partial charge in [-0.3, -0.25) is 9.78 Å². The van der Waals surface area contributed by atoms with E-state index in [9.17, 15) is 9.59 Å². The number of nitrogens with zero attached hydrogens (tertiary/aromatic N) is 2. The van der Waals surface area contributed by atoms with Gasteiger partial charge in [0.2, 0.25) is 0 Å². The number of rotatable bonds is 3. The van der Waals surface area contributed by atoms with Gasteiger partial charge < -0.3 is 15.3 Å². The maximum absolute atomic E-state index is 11.8. The van der Waals surface area contributed by atoms with Gasteiger partial charge in [-0.1, -0.05) is 0 Å². The van der Waals surface area contributed by atoms with E-state index >= 15 is 0 Å². The Hall–Kier alpha value is -2.11. The van der Waals surface area contributed by atoms with Crippen LogP contribution in [0.15, 0.2) is 24.5 Å². The van der Waals surface area contributed by atoms with Gasteiger partial charge >= 0.3 is 12.0 Å². The summed E-state index contributed by atoms with van der Waals surface area (Å²) in [7, 11) is 0. The minimum Gasteiger partial charge on any atom is -0.481 e. The molecule has 1 aliphatic heterocycles. The fourth-order valence-electron chi connectivity index (χ4n) is 2.42. The topological polar surface area (TPSA) is 82.5 Å². The monoisotopic (exact) mass is 247 g/mol. The highest BCUT2D eigenvalue weighted by Gasteiger charge is 2.51.